The Morgan fingerprint density at radius 1 is 1.25 bits per heavy atom. The van der Waals surface area contributed by atoms with Gasteiger partial charge in [-0.05, 0) is 48.9 Å². The van der Waals surface area contributed by atoms with Crippen LogP contribution in [-0.4, -0.2) is 19.9 Å². The van der Waals surface area contributed by atoms with Gasteiger partial charge in [0.05, 0.1) is 12.5 Å². The van der Waals surface area contributed by atoms with Crippen LogP contribution in [0.3, 0.4) is 0 Å². The molecule has 0 unspecified atom stereocenters. The molecule has 0 saturated carbocycles. The molecule has 1 aromatic heterocycles. The molecule has 0 aliphatic rings. The summed E-state index contributed by atoms with van der Waals surface area (Å²) in [5.74, 6) is 0.437. The highest BCUT2D eigenvalue weighted by molar-refractivity contribution is 6.32. The number of fused-ring (bicyclic) bond motifs is 1. The Balaban J connectivity index is 2.21. The van der Waals surface area contributed by atoms with Gasteiger partial charge in [-0.1, -0.05) is 24.3 Å². The van der Waals surface area contributed by atoms with E-state index in [1.54, 1.807) is 44.4 Å². The summed E-state index contributed by atoms with van der Waals surface area (Å²) in [6, 6.07) is 9.92. The van der Waals surface area contributed by atoms with E-state index in [9.17, 15) is 9.59 Å². The molecule has 28 heavy (non-hydrogen) atoms. The summed E-state index contributed by atoms with van der Waals surface area (Å²) in [6.07, 6.45) is 0.344. The molecule has 1 heterocycles. The first kappa shape index (κ1) is 19.5. The molecule has 0 atom stereocenters. The van der Waals surface area contributed by atoms with Gasteiger partial charge in [-0.2, -0.15) is 0 Å². The first-order valence-electron chi connectivity index (χ1n) is 8.31. The summed E-state index contributed by atoms with van der Waals surface area (Å²) < 4.78 is 21.1. The summed E-state index contributed by atoms with van der Waals surface area (Å²) in [7, 11) is 1.54. The molecule has 0 spiro atoms. The maximum absolute atomic E-state index is 13.0. The number of hydrogen-bond donors (Lipinski definition) is 0. The standard InChI is InChI=1S/C21H17ClO6/c1-4-9-26-21(24)28-20-18(23)15-11-16(22)12(2)10-17(15)27-19(20)13-5-7-14(25-3)8-6-13/h4-8,10-11H,1,9H2,2-3H3. The first-order valence-corrected chi connectivity index (χ1v) is 8.69. The molecule has 144 valence electrons. The third-order valence-corrected chi connectivity index (χ3v) is 4.39. The van der Waals surface area contributed by atoms with Crippen molar-refractivity contribution in [3.8, 4) is 22.8 Å². The molecule has 0 N–H and O–H groups in total. The number of halogens is 1. The predicted octanol–water partition coefficient (Wildman–Crippen LogP) is 5.13. The zero-order chi connectivity index (χ0) is 20.3. The average Bonchev–Trinajstić information content (AvgIpc) is 2.70. The average molecular weight is 401 g/mol. The Morgan fingerprint density at radius 2 is 1.96 bits per heavy atom. The summed E-state index contributed by atoms with van der Waals surface area (Å²) >= 11 is 6.14. The normalized spacial score (nSPS) is 10.5. The second kappa shape index (κ2) is 8.19. The van der Waals surface area contributed by atoms with Crippen LogP contribution in [0.2, 0.25) is 5.02 Å². The van der Waals surface area contributed by atoms with Crippen LogP contribution < -0.4 is 14.9 Å². The molecule has 2 aromatic carbocycles. The number of ether oxygens (including phenoxy) is 3. The summed E-state index contributed by atoms with van der Waals surface area (Å²) in [5, 5.41) is 0.594. The molecule has 7 heteroatoms. The molecule has 0 fully saturated rings. The number of aryl methyl sites for hydroxylation is 1. The van der Waals surface area contributed by atoms with Crippen LogP contribution in [0.1, 0.15) is 5.56 Å². The second-order valence-electron chi connectivity index (χ2n) is 5.87. The zero-order valence-electron chi connectivity index (χ0n) is 15.3. The molecule has 0 amide bonds. The van der Waals surface area contributed by atoms with Gasteiger partial charge in [-0.25, -0.2) is 4.79 Å². The van der Waals surface area contributed by atoms with Crippen molar-refractivity contribution in [3.05, 3.63) is 69.9 Å². The topological polar surface area (TPSA) is 75.0 Å². The van der Waals surface area contributed by atoms with Crippen molar-refractivity contribution >= 4 is 28.7 Å². The highest BCUT2D eigenvalue weighted by atomic mass is 35.5. The Morgan fingerprint density at radius 3 is 2.61 bits per heavy atom. The number of methoxy groups -OCH3 is 1. The maximum Gasteiger partial charge on any atom is 0.514 e. The summed E-state index contributed by atoms with van der Waals surface area (Å²) in [6.45, 7) is 5.20. The molecule has 0 saturated heterocycles. The van der Waals surface area contributed by atoms with Crippen LogP contribution in [0, 0.1) is 6.92 Å². The fourth-order valence-corrected chi connectivity index (χ4v) is 2.73. The Bertz CT molecular complexity index is 1100. The van der Waals surface area contributed by atoms with Crippen molar-refractivity contribution in [1.82, 2.24) is 0 Å². The van der Waals surface area contributed by atoms with Crippen molar-refractivity contribution in [2.75, 3.05) is 13.7 Å². The summed E-state index contributed by atoms with van der Waals surface area (Å²) in [4.78, 5) is 25.0. The number of carbonyl (C=O) groups excluding carboxylic acids is 1. The number of hydrogen-bond acceptors (Lipinski definition) is 6. The van der Waals surface area contributed by atoms with Gasteiger partial charge in [-0.15, -0.1) is 0 Å². The van der Waals surface area contributed by atoms with E-state index in [-0.39, 0.29) is 23.5 Å². The lowest BCUT2D eigenvalue weighted by atomic mass is 10.1. The van der Waals surface area contributed by atoms with E-state index in [0.717, 1.165) is 5.56 Å². The summed E-state index contributed by atoms with van der Waals surface area (Å²) in [5.41, 5.74) is 1.06. The highest BCUT2D eigenvalue weighted by Crippen LogP contribution is 2.33. The fourth-order valence-electron chi connectivity index (χ4n) is 2.56. The SMILES string of the molecule is C=CCOC(=O)Oc1c(-c2ccc(OC)cc2)oc2cc(C)c(Cl)cc2c1=O. The third-order valence-electron chi connectivity index (χ3n) is 3.99. The van der Waals surface area contributed by atoms with Crippen molar-refractivity contribution in [1.29, 1.82) is 0 Å². The van der Waals surface area contributed by atoms with Gasteiger partial charge in [0.15, 0.2) is 5.76 Å². The number of rotatable bonds is 5. The van der Waals surface area contributed by atoms with Gasteiger partial charge < -0.3 is 18.6 Å². The lowest BCUT2D eigenvalue weighted by Gasteiger charge is -2.11. The third kappa shape index (κ3) is 3.87. The molecule has 0 aliphatic heterocycles. The van der Waals surface area contributed by atoms with Crippen LogP contribution in [0.5, 0.6) is 11.5 Å². The van der Waals surface area contributed by atoms with Crippen molar-refractivity contribution < 1.29 is 23.4 Å². The van der Waals surface area contributed by atoms with Crippen LogP contribution in [0.4, 0.5) is 4.79 Å². The van der Waals surface area contributed by atoms with Crippen molar-refractivity contribution in [2.45, 2.75) is 6.92 Å². The van der Waals surface area contributed by atoms with E-state index >= 15 is 0 Å². The minimum Gasteiger partial charge on any atom is -0.497 e. The van der Waals surface area contributed by atoms with E-state index in [1.165, 1.54) is 12.1 Å². The van der Waals surface area contributed by atoms with Gasteiger partial charge in [-0.3, -0.25) is 4.79 Å². The quantitative estimate of drug-likeness (QED) is 0.436. The lowest BCUT2D eigenvalue weighted by molar-refractivity contribution is 0.109. The highest BCUT2D eigenvalue weighted by Gasteiger charge is 2.22. The van der Waals surface area contributed by atoms with E-state index in [0.29, 0.717) is 21.9 Å². The smallest absolute Gasteiger partial charge is 0.497 e. The molecule has 0 bridgehead atoms. The van der Waals surface area contributed by atoms with E-state index in [2.05, 4.69) is 6.58 Å². The van der Waals surface area contributed by atoms with Crippen LogP contribution in [0.25, 0.3) is 22.3 Å². The largest absolute Gasteiger partial charge is 0.514 e. The molecular weight excluding hydrogens is 384 g/mol. The fraction of sp³-hybridized carbons (Fsp3) is 0.143. The molecule has 0 aliphatic carbocycles. The predicted molar refractivity (Wildman–Crippen MR) is 106 cm³/mol. The molecular formula is C21H17ClO6. The van der Waals surface area contributed by atoms with Crippen LogP contribution >= 0.6 is 11.6 Å². The molecule has 0 radical (unpaired) electrons. The van der Waals surface area contributed by atoms with E-state index < -0.39 is 11.6 Å². The maximum atomic E-state index is 13.0. The van der Waals surface area contributed by atoms with Crippen molar-refractivity contribution in [3.63, 3.8) is 0 Å². The molecule has 3 rings (SSSR count). The van der Waals surface area contributed by atoms with Gasteiger partial charge in [0, 0.05) is 10.6 Å². The minimum atomic E-state index is -1.04. The minimum absolute atomic E-state index is 0.0549. The Labute approximate surface area is 165 Å². The molecule has 3 aromatic rings. The van der Waals surface area contributed by atoms with Crippen LogP contribution in [0.15, 0.2) is 58.3 Å². The van der Waals surface area contributed by atoms with Gasteiger partial charge in [0.1, 0.15) is 17.9 Å². The zero-order valence-corrected chi connectivity index (χ0v) is 16.0. The van der Waals surface area contributed by atoms with Gasteiger partial charge in [0.2, 0.25) is 11.2 Å². The Kier molecular flexibility index (Phi) is 5.70. The van der Waals surface area contributed by atoms with Crippen molar-refractivity contribution in [2.24, 2.45) is 0 Å². The number of carbonyl (C=O) groups is 1. The number of benzene rings is 2. The van der Waals surface area contributed by atoms with E-state index in [1.807, 2.05) is 0 Å². The van der Waals surface area contributed by atoms with Gasteiger partial charge >= 0.3 is 6.16 Å². The Hall–Kier alpha value is -3.25. The first-order chi connectivity index (χ1) is 13.4. The lowest BCUT2D eigenvalue weighted by Crippen LogP contribution is -2.17. The van der Waals surface area contributed by atoms with Gasteiger partial charge in [0.25, 0.3) is 0 Å². The monoisotopic (exact) mass is 400 g/mol. The van der Waals surface area contributed by atoms with Crippen LogP contribution in [-0.2, 0) is 4.74 Å². The molecule has 6 nitrogen and oxygen atoms in total. The second-order valence-corrected chi connectivity index (χ2v) is 6.27. The van der Waals surface area contributed by atoms with E-state index in [4.69, 9.17) is 30.2 Å².